The Kier molecular flexibility index (Phi) is 14.8. The van der Waals surface area contributed by atoms with Crippen LogP contribution < -0.4 is 27.7 Å². The Balaban J connectivity index is 1.44. The van der Waals surface area contributed by atoms with Gasteiger partial charge in [0.25, 0.3) is 0 Å². The van der Waals surface area contributed by atoms with Gasteiger partial charge in [0.2, 0.25) is 0 Å². The van der Waals surface area contributed by atoms with E-state index >= 15 is 0 Å². The number of aryl methyl sites for hydroxylation is 1. The summed E-state index contributed by atoms with van der Waals surface area (Å²) in [5.74, 6) is -0.332. The topological polar surface area (TPSA) is 163 Å². The lowest BCUT2D eigenvalue weighted by atomic mass is 9.81. The molecule has 1 aromatic carbocycles. The molecular formula is C45H73N5O8. The number of ether oxygens (including phenoxy) is 2. The van der Waals surface area contributed by atoms with Crippen LogP contribution >= 0.6 is 0 Å². The summed E-state index contributed by atoms with van der Waals surface area (Å²) in [5, 5.41) is 18.0. The summed E-state index contributed by atoms with van der Waals surface area (Å²) in [6.07, 6.45) is 6.22. The lowest BCUT2D eigenvalue weighted by molar-refractivity contribution is -0.154. The number of phenolic OH excluding ortho intramolecular Hbond substituents is 1. The van der Waals surface area contributed by atoms with Crippen LogP contribution in [0.25, 0.3) is 0 Å². The van der Waals surface area contributed by atoms with Gasteiger partial charge < -0.3 is 25.2 Å². The molecule has 3 heterocycles. The number of hydrogen-bond acceptors (Lipinski definition) is 10. The normalized spacial score (nSPS) is 19.2. The largest absolute Gasteiger partial charge is 0.507 e. The molecule has 0 saturated carbocycles. The molecule has 4 rings (SSSR count). The maximum atomic E-state index is 13.9. The number of hydrogen-bond donors (Lipinski definition) is 3. The number of piperidine rings is 2. The number of benzene rings is 1. The molecule has 2 aliphatic heterocycles. The second-order valence-electron chi connectivity index (χ2n) is 20.7. The molecule has 2 aromatic rings. The molecule has 1 aromatic heterocycles. The molecule has 13 nitrogen and oxygen atoms in total. The zero-order chi connectivity index (χ0) is 43.4. The Hall–Kier alpha value is -3.71. The van der Waals surface area contributed by atoms with E-state index in [9.17, 15) is 29.1 Å². The van der Waals surface area contributed by atoms with Gasteiger partial charge in [-0.2, -0.15) is 0 Å². The summed E-state index contributed by atoms with van der Waals surface area (Å²) in [6.45, 7) is 24.7. The van der Waals surface area contributed by atoms with E-state index in [0.717, 1.165) is 39.4 Å². The van der Waals surface area contributed by atoms with E-state index in [1.54, 1.807) is 13.0 Å². The minimum atomic E-state index is -0.697. The monoisotopic (exact) mass is 812 g/mol. The molecule has 2 fully saturated rings. The molecule has 0 unspecified atom stereocenters. The summed E-state index contributed by atoms with van der Waals surface area (Å²) in [5.41, 5.74) is -1.05. The second kappa shape index (κ2) is 18.3. The van der Waals surface area contributed by atoms with E-state index in [4.69, 9.17) is 9.47 Å². The summed E-state index contributed by atoms with van der Waals surface area (Å²) >= 11 is 0. The van der Waals surface area contributed by atoms with Gasteiger partial charge in [-0.05, 0) is 116 Å². The molecule has 0 amide bonds. The van der Waals surface area contributed by atoms with Crippen LogP contribution in [0.3, 0.4) is 0 Å². The molecule has 0 aliphatic carbocycles. The molecular weight excluding hydrogens is 739 g/mol. The summed E-state index contributed by atoms with van der Waals surface area (Å²) in [4.78, 5) is 67.3. The van der Waals surface area contributed by atoms with Crippen molar-refractivity contribution >= 4 is 11.9 Å². The maximum Gasteiger partial charge on any atom is 0.336 e. The van der Waals surface area contributed by atoms with E-state index in [1.165, 1.54) is 0 Å². The highest BCUT2D eigenvalue weighted by Crippen LogP contribution is 2.35. The van der Waals surface area contributed by atoms with Gasteiger partial charge in [0.15, 0.2) is 0 Å². The van der Waals surface area contributed by atoms with Crippen LogP contribution in [0.15, 0.2) is 26.5 Å². The van der Waals surface area contributed by atoms with Crippen LogP contribution in [0.1, 0.15) is 170 Å². The SMILES string of the molecule is Cc1cc(Cn2c(=O)n(CCCCCC(=O)OC3CC(C)(C)NC(C)(C)C3)c(=O)n(CCCCCC(=O)OC3CC(C)(C)NC(C)(C)C3)c2=O)cc(C(C)(C)C)c1O. The Morgan fingerprint density at radius 1 is 0.655 bits per heavy atom. The molecule has 2 aliphatic rings. The van der Waals surface area contributed by atoms with Gasteiger partial charge in [-0.3, -0.25) is 9.59 Å². The van der Waals surface area contributed by atoms with E-state index in [0.29, 0.717) is 55.2 Å². The van der Waals surface area contributed by atoms with Gasteiger partial charge in [-0.1, -0.05) is 39.7 Å². The minimum absolute atomic E-state index is 0.0750. The predicted molar refractivity (Wildman–Crippen MR) is 228 cm³/mol. The summed E-state index contributed by atoms with van der Waals surface area (Å²) < 4.78 is 15.1. The van der Waals surface area contributed by atoms with Crippen LogP contribution in [0.4, 0.5) is 0 Å². The summed E-state index contributed by atoms with van der Waals surface area (Å²) in [7, 11) is 0. The molecule has 0 spiro atoms. The summed E-state index contributed by atoms with van der Waals surface area (Å²) in [6, 6.07) is 3.57. The number of aromatic hydroxyl groups is 1. The highest BCUT2D eigenvalue weighted by atomic mass is 16.5. The number of carbonyl (C=O) groups excluding carboxylic acids is 2. The van der Waals surface area contributed by atoms with Crippen molar-refractivity contribution in [1.29, 1.82) is 0 Å². The third kappa shape index (κ3) is 13.1. The van der Waals surface area contributed by atoms with Crippen LogP contribution in [-0.2, 0) is 44.1 Å². The zero-order valence-corrected chi connectivity index (χ0v) is 37.6. The first-order valence-corrected chi connectivity index (χ1v) is 21.4. The first-order valence-electron chi connectivity index (χ1n) is 21.4. The minimum Gasteiger partial charge on any atom is -0.507 e. The van der Waals surface area contributed by atoms with Gasteiger partial charge in [0.05, 0.1) is 6.54 Å². The number of aromatic nitrogens is 3. The molecule has 0 atom stereocenters. The molecule has 58 heavy (non-hydrogen) atoms. The van der Waals surface area contributed by atoms with Gasteiger partial charge in [0, 0.05) is 73.8 Å². The van der Waals surface area contributed by atoms with Crippen molar-refractivity contribution in [3.8, 4) is 5.75 Å². The first-order chi connectivity index (χ1) is 26.7. The van der Waals surface area contributed by atoms with Gasteiger partial charge in [0.1, 0.15) is 18.0 Å². The number of unbranched alkanes of at least 4 members (excludes halogenated alkanes) is 4. The highest BCUT2D eigenvalue weighted by Gasteiger charge is 2.40. The molecule has 0 radical (unpaired) electrons. The average Bonchev–Trinajstić information content (AvgIpc) is 3.03. The predicted octanol–water partition coefficient (Wildman–Crippen LogP) is 6.36. The van der Waals surface area contributed by atoms with Gasteiger partial charge in [-0.25, -0.2) is 28.1 Å². The van der Waals surface area contributed by atoms with Crippen LogP contribution in [-0.4, -0.2) is 65.1 Å². The molecule has 13 heteroatoms. The highest BCUT2D eigenvalue weighted by molar-refractivity contribution is 5.70. The number of nitrogens with one attached hydrogen (secondary N) is 2. The number of carbonyl (C=O) groups is 2. The number of phenols is 1. The van der Waals surface area contributed by atoms with E-state index in [1.807, 2.05) is 26.8 Å². The van der Waals surface area contributed by atoms with Crippen molar-refractivity contribution in [3.63, 3.8) is 0 Å². The van der Waals surface area contributed by atoms with E-state index in [-0.39, 0.29) is 84.5 Å². The van der Waals surface area contributed by atoms with Crippen molar-refractivity contribution < 1.29 is 24.2 Å². The maximum absolute atomic E-state index is 13.9. The molecule has 326 valence electrons. The Morgan fingerprint density at radius 3 is 1.41 bits per heavy atom. The van der Waals surface area contributed by atoms with Crippen molar-refractivity contribution in [2.24, 2.45) is 0 Å². The Labute approximate surface area is 345 Å². The van der Waals surface area contributed by atoms with Crippen molar-refractivity contribution in [1.82, 2.24) is 24.3 Å². The Bertz CT molecular complexity index is 1830. The molecule has 0 bridgehead atoms. The van der Waals surface area contributed by atoms with Crippen LogP contribution in [0, 0.1) is 6.92 Å². The lowest BCUT2D eigenvalue weighted by Gasteiger charge is -2.46. The van der Waals surface area contributed by atoms with Crippen molar-refractivity contribution in [3.05, 3.63) is 60.3 Å². The quantitative estimate of drug-likeness (QED) is 0.129. The average molecular weight is 812 g/mol. The van der Waals surface area contributed by atoms with Gasteiger partial charge >= 0.3 is 29.0 Å². The number of rotatable bonds is 16. The second-order valence-corrected chi connectivity index (χ2v) is 20.7. The van der Waals surface area contributed by atoms with Gasteiger partial charge in [-0.15, -0.1) is 0 Å². The van der Waals surface area contributed by atoms with Crippen molar-refractivity contribution in [2.45, 2.75) is 220 Å². The third-order valence-corrected chi connectivity index (χ3v) is 11.3. The standard InChI is InChI=1S/C45H73N5O8/c1-30-23-31(24-34(37(30)53)41(2,3)4)29-50-39(55)48(21-17-13-15-19-35(51)57-32-25-42(5,6)46-43(7,8)26-32)38(54)49(40(50)56)22-18-14-16-20-36(52)58-33-27-44(9,10)47-45(11,12)28-33/h23-24,32-33,46-47,53H,13-22,25-29H2,1-12H3. The van der Waals surface area contributed by atoms with E-state index in [2.05, 4.69) is 66.0 Å². The van der Waals surface area contributed by atoms with Crippen LogP contribution in [0.2, 0.25) is 0 Å². The third-order valence-electron chi connectivity index (χ3n) is 11.3. The zero-order valence-electron chi connectivity index (χ0n) is 37.6. The molecule has 3 N–H and O–H groups in total. The lowest BCUT2D eigenvalue weighted by Crippen LogP contribution is -2.59. The number of nitrogens with zero attached hydrogens (tertiary/aromatic N) is 3. The first kappa shape index (κ1) is 47.0. The Morgan fingerprint density at radius 2 is 1.03 bits per heavy atom. The number of esters is 2. The van der Waals surface area contributed by atoms with Crippen molar-refractivity contribution in [2.75, 3.05) is 0 Å². The smallest absolute Gasteiger partial charge is 0.336 e. The fraction of sp³-hybridized carbons (Fsp3) is 0.756. The van der Waals surface area contributed by atoms with E-state index < -0.39 is 22.5 Å². The fourth-order valence-corrected chi connectivity index (χ4v) is 9.45. The van der Waals surface area contributed by atoms with Crippen LogP contribution in [0.5, 0.6) is 5.75 Å². The fourth-order valence-electron chi connectivity index (χ4n) is 9.45. The molecule has 2 saturated heterocycles.